The summed E-state index contributed by atoms with van der Waals surface area (Å²) in [5.74, 6) is 0.936. The first-order valence-electron chi connectivity index (χ1n) is 8.78. The summed E-state index contributed by atoms with van der Waals surface area (Å²) in [6.45, 7) is 8.36. The van der Waals surface area contributed by atoms with E-state index in [9.17, 15) is 0 Å². The molecule has 4 nitrogen and oxygen atoms in total. The van der Waals surface area contributed by atoms with Crippen LogP contribution in [-0.4, -0.2) is 19.3 Å². The summed E-state index contributed by atoms with van der Waals surface area (Å²) in [4.78, 5) is 4.64. The SMILES string of the molecule is Cc1cc(C)n(-c2cccc(-c3nccn3-c3c(C)cccc3C)c2)n1. The molecule has 0 unspecified atom stereocenters. The zero-order valence-electron chi connectivity index (χ0n) is 15.6. The molecule has 0 saturated heterocycles. The Bertz CT molecular complexity index is 1060. The second kappa shape index (κ2) is 6.30. The van der Waals surface area contributed by atoms with Gasteiger partial charge in [0.1, 0.15) is 5.82 Å². The molecule has 130 valence electrons. The molecule has 26 heavy (non-hydrogen) atoms. The van der Waals surface area contributed by atoms with Gasteiger partial charge in [-0.3, -0.25) is 4.57 Å². The van der Waals surface area contributed by atoms with Gasteiger partial charge in [0.15, 0.2) is 0 Å². The largest absolute Gasteiger partial charge is 0.299 e. The smallest absolute Gasteiger partial charge is 0.144 e. The Morgan fingerprint density at radius 1 is 0.846 bits per heavy atom. The first-order chi connectivity index (χ1) is 12.5. The number of para-hydroxylation sites is 1. The maximum Gasteiger partial charge on any atom is 0.144 e. The lowest BCUT2D eigenvalue weighted by Gasteiger charge is -2.14. The molecule has 0 fully saturated rings. The van der Waals surface area contributed by atoms with Gasteiger partial charge in [-0.2, -0.15) is 5.10 Å². The fourth-order valence-electron chi connectivity index (χ4n) is 3.55. The van der Waals surface area contributed by atoms with Crippen LogP contribution >= 0.6 is 0 Å². The van der Waals surface area contributed by atoms with Gasteiger partial charge >= 0.3 is 0 Å². The van der Waals surface area contributed by atoms with E-state index in [2.05, 4.69) is 84.0 Å². The molecule has 0 radical (unpaired) electrons. The predicted octanol–water partition coefficient (Wildman–Crippen LogP) is 4.96. The summed E-state index contributed by atoms with van der Waals surface area (Å²) >= 11 is 0. The average molecular weight is 342 g/mol. The Balaban J connectivity index is 1.85. The highest BCUT2D eigenvalue weighted by Gasteiger charge is 2.13. The number of hydrogen-bond donors (Lipinski definition) is 0. The third kappa shape index (κ3) is 2.73. The van der Waals surface area contributed by atoms with Gasteiger partial charge in [-0.1, -0.05) is 30.3 Å². The molecule has 0 spiro atoms. The van der Waals surface area contributed by atoms with Crippen LogP contribution < -0.4 is 0 Å². The molecule has 4 rings (SSSR count). The highest BCUT2D eigenvalue weighted by atomic mass is 15.3. The summed E-state index contributed by atoms with van der Waals surface area (Å²) in [7, 11) is 0. The molecule has 0 N–H and O–H groups in total. The fraction of sp³-hybridized carbons (Fsp3) is 0.182. The molecule has 4 aromatic rings. The van der Waals surface area contributed by atoms with Crippen molar-refractivity contribution in [2.24, 2.45) is 0 Å². The zero-order valence-corrected chi connectivity index (χ0v) is 15.6. The lowest BCUT2D eigenvalue weighted by molar-refractivity contribution is 0.833. The van der Waals surface area contributed by atoms with E-state index in [1.54, 1.807) is 0 Å². The maximum absolute atomic E-state index is 4.64. The van der Waals surface area contributed by atoms with Crippen molar-refractivity contribution in [3.05, 3.63) is 83.4 Å². The second-order valence-corrected chi connectivity index (χ2v) is 6.75. The van der Waals surface area contributed by atoms with Crippen LogP contribution in [0, 0.1) is 27.7 Å². The first kappa shape index (κ1) is 16.3. The summed E-state index contributed by atoms with van der Waals surface area (Å²) < 4.78 is 4.15. The Hall–Kier alpha value is -3.14. The Kier molecular flexibility index (Phi) is 3.96. The highest BCUT2D eigenvalue weighted by Crippen LogP contribution is 2.27. The van der Waals surface area contributed by atoms with Crippen molar-refractivity contribution >= 4 is 0 Å². The van der Waals surface area contributed by atoms with Crippen molar-refractivity contribution in [3.8, 4) is 22.8 Å². The van der Waals surface area contributed by atoms with E-state index in [0.717, 1.165) is 28.5 Å². The number of hydrogen-bond acceptors (Lipinski definition) is 2. The first-order valence-corrected chi connectivity index (χ1v) is 8.78. The van der Waals surface area contributed by atoms with E-state index >= 15 is 0 Å². The number of benzene rings is 2. The quantitative estimate of drug-likeness (QED) is 0.527. The summed E-state index contributed by atoms with van der Waals surface area (Å²) in [6.07, 6.45) is 3.89. The van der Waals surface area contributed by atoms with Gasteiger partial charge in [0, 0.05) is 23.7 Å². The summed E-state index contributed by atoms with van der Waals surface area (Å²) in [5.41, 5.74) is 7.92. The normalized spacial score (nSPS) is 11.1. The van der Waals surface area contributed by atoms with Crippen LogP contribution in [0.3, 0.4) is 0 Å². The molecule has 0 bridgehead atoms. The molecule has 0 aliphatic carbocycles. The molecular formula is C22H22N4. The van der Waals surface area contributed by atoms with Gasteiger partial charge in [-0.25, -0.2) is 9.67 Å². The lowest BCUT2D eigenvalue weighted by Crippen LogP contribution is -2.03. The van der Waals surface area contributed by atoms with Crippen LogP contribution in [0.15, 0.2) is 60.9 Å². The number of aryl methyl sites for hydroxylation is 4. The number of nitrogens with zero attached hydrogens (tertiary/aromatic N) is 4. The summed E-state index contributed by atoms with van der Waals surface area (Å²) in [5, 5.41) is 4.60. The molecular weight excluding hydrogens is 320 g/mol. The third-order valence-electron chi connectivity index (χ3n) is 4.68. The van der Waals surface area contributed by atoms with E-state index in [1.807, 2.05) is 24.0 Å². The van der Waals surface area contributed by atoms with Gasteiger partial charge in [0.2, 0.25) is 0 Å². The minimum atomic E-state index is 0.936. The van der Waals surface area contributed by atoms with Crippen LogP contribution in [0.1, 0.15) is 22.5 Å². The van der Waals surface area contributed by atoms with Crippen molar-refractivity contribution in [1.82, 2.24) is 19.3 Å². The Morgan fingerprint density at radius 2 is 1.58 bits per heavy atom. The molecule has 0 aliphatic rings. The van der Waals surface area contributed by atoms with Gasteiger partial charge in [0.05, 0.1) is 17.1 Å². The highest BCUT2D eigenvalue weighted by molar-refractivity contribution is 5.63. The molecule has 0 atom stereocenters. The Labute approximate surface area is 153 Å². The van der Waals surface area contributed by atoms with E-state index < -0.39 is 0 Å². The molecule has 0 amide bonds. The molecule has 2 aromatic heterocycles. The second-order valence-electron chi connectivity index (χ2n) is 6.75. The third-order valence-corrected chi connectivity index (χ3v) is 4.68. The van der Waals surface area contributed by atoms with Crippen molar-refractivity contribution in [1.29, 1.82) is 0 Å². The lowest BCUT2D eigenvalue weighted by atomic mass is 10.1. The van der Waals surface area contributed by atoms with Crippen LogP contribution in [0.2, 0.25) is 0 Å². The van der Waals surface area contributed by atoms with Crippen LogP contribution in [-0.2, 0) is 0 Å². The summed E-state index contributed by atoms with van der Waals surface area (Å²) in [6, 6.07) is 16.8. The van der Waals surface area contributed by atoms with E-state index in [4.69, 9.17) is 0 Å². The van der Waals surface area contributed by atoms with Crippen molar-refractivity contribution in [3.63, 3.8) is 0 Å². The molecule has 2 heterocycles. The van der Waals surface area contributed by atoms with Crippen molar-refractivity contribution in [2.75, 3.05) is 0 Å². The standard InChI is InChI=1S/C22H22N4/c1-15-7-5-8-16(2)21(15)25-12-11-23-22(25)19-9-6-10-20(14-19)26-18(4)13-17(3)24-26/h5-14H,1-4H3. The van der Waals surface area contributed by atoms with E-state index in [0.29, 0.717) is 0 Å². The fourth-order valence-corrected chi connectivity index (χ4v) is 3.55. The van der Waals surface area contributed by atoms with E-state index in [-0.39, 0.29) is 0 Å². The molecule has 4 heteroatoms. The maximum atomic E-state index is 4.64. The number of aromatic nitrogens is 4. The zero-order chi connectivity index (χ0) is 18.3. The molecule has 2 aromatic carbocycles. The monoisotopic (exact) mass is 342 g/mol. The van der Waals surface area contributed by atoms with Crippen LogP contribution in [0.5, 0.6) is 0 Å². The van der Waals surface area contributed by atoms with Gasteiger partial charge in [-0.05, 0) is 57.0 Å². The Morgan fingerprint density at radius 3 is 2.27 bits per heavy atom. The minimum Gasteiger partial charge on any atom is -0.299 e. The van der Waals surface area contributed by atoms with Gasteiger partial charge in [-0.15, -0.1) is 0 Å². The van der Waals surface area contributed by atoms with Crippen molar-refractivity contribution < 1.29 is 0 Å². The number of imidazole rings is 1. The minimum absolute atomic E-state index is 0.936. The van der Waals surface area contributed by atoms with Gasteiger partial charge in [0.25, 0.3) is 0 Å². The van der Waals surface area contributed by atoms with Crippen LogP contribution in [0.25, 0.3) is 22.8 Å². The number of rotatable bonds is 3. The molecule has 0 saturated carbocycles. The van der Waals surface area contributed by atoms with Crippen molar-refractivity contribution in [2.45, 2.75) is 27.7 Å². The van der Waals surface area contributed by atoms with E-state index in [1.165, 1.54) is 16.8 Å². The predicted molar refractivity (Wildman–Crippen MR) is 105 cm³/mol. The molecule has 0 aliphatic heterocycles. The van der Waals surface area contributed by atoms with Crippen LogP contribution in [0.4, 0.5) is 0 Å². The van der Waals surface area contributed by atoms with Gasteiger partial charge < -0.3 is 0 Å². The topological polar surface area (TPSA) is 35.6 Å². The average Bonchev–Trinajstić information content (AvgIpc) is 3.21.